The molecule has 0 saturated carbocycles. The van der Waals surface area contributed by atoms with Crippen LogP contribution in [0.2, 0.25) is 0 Å². The quantitative estimate of drug-likeness (QED) is 0.717. The predicted octanol–water partition coefficient (Wildman–Crippen LogP) is 3.72. The van der Waals surface area contributed by atoms with Crippen LogP contribution in [0.15, 0.2) is 36.5 Å². The number of rotatable bonds is 5. The first-order chi connectivity index (χ1) is 14.1. The lowest BCUT2D eigenvalue weighted by Gasteiger charge is -2.18. The van der Waals surface area contributed by atoms with E-state index in [9.17, 15) is 4.79 Å². The number of urea groups is 1. The summed E-state index contributed by atoms with van der Waals surface area (Å²) >= 11 is 0. The van der Waals surface area contributed by atoms with E-state index in [0.29, 0.717) is 26.2 Å². The number of hydrogen-bond acceptors (Lipinski definition) is 4. The molecule has 1 N–H and O–H groups in total. The van der Waals surface area contributed by atoms with Gasteiger partial charge in [0.05, 0.1) is 6.61 Å². The van der Waals surface area contributed by atoms with Crippen molar-refractivity contribution in [1.29, 1.82) is 0 Å². The van der Waals surface area contributed by atoms with E-state index < -0.39 is 0 Å². The molecule has 4 rings (SSSR count). The zero-order valence-corrected chi connectivity index (χ0v) is 17.2. The first kappa shape index (κ1) is 19.4. The number of benzene rings is 1. The summed E-state index contributed by atoms with van der Waals surface area (Å²) in [5, 5.41) is 3.03. The lowest BCUT2D eigenvalue weighted by Crippen LogP contribution is -2.33. The number of imidazole rings is 1. The van der Waals surface area contributed by atoms with E-state index in [0.717, 1.165) is 29.1 Å². The maximum absolute atomic E-state index is 12.8. The van der Waals surface area contributed by atoms with Gasteiger partial charge in [-0.15, -0.1) is 0 Å². The van der Waals surface area contributed by atoms with Gasteiger partial charge in [0, 0.05) is 44.5 Å². The van der Waals surface area contributed by atoms with Crippen LogP contribution in [-0.2, 0) is 11.3 Å². The van der Waals surface area contributed by atoms with Crippen molar-refractivity contribution in [3.05, 3.63) is 53.5 Å². The van der Waals surface area contributed by atoms with E-state index in [-0.39, 0.29) is 11.9 Å². The van der Waals surface area contributed by atoms with Crippen LogP contribution in [-0.4, -0.2) is 52.3 Å². The number of likely N-dealkylation sites (tertiary alicyclic amines) is 1. The van der Waals surface area contributed by atoms with E-state index in [4.69, 9.17) is 9.72 Å². The Kier molecular flexibility index (Phi) is 5.49. The van der Waals surface area contributed by atoms with Crippen LogP contribution in [0.4, 0.5) is 10.5 Å². The third kappa shape index (κ3) is 3.96. The highest BCUT2D eigenvalue weighted by Gasteiger charge is 2.31. The largest absolute Gasteiger partial charge is 0.383 e. The summed E-state index contributed by atoms with van der Waals surface area (Å²) in [7, 11) is 1.70. The first-order valence-electron chi connectivity index (χ1n) is 10.00. The SMILES string of the molecule is COCCn1c(C2CCN(C(=O)Nc3ccc(C)c(C)c3)C2)nc2cccnc21. The number of carbonyl (C=O) groups is 1. The molecule has 29 heavy (non-hydrogen) atoms. The molecule has 0 aliphatic carbocycles. The molecule has 0 radical (unpaired) electrons. The second kappa shape index (κ2) is 8.21. The van der Waals surface area contributed by atoms with Gasteiger partial charge in [0.25, 0.3) is 0 Å². The van der Waals surface area contributed by atoms with Gasteiger partial charge < -0.3 is 19.5 Å². The highest BCUT2D eigenvalue weighted by Crippen LogP contribution is 2.29. The molecule has 1 saturated heterocycles. The second-order valence-corrected chi connectivity index (χ2v) is 7.62. The van der Waals surface area contributed by atoms with Crippen LogP contribution in [0.25, 0.3) is 11.2 Å². The van der Waals surface area contributed by atoms with Crippen molar-refractivity contribution in [2.45, 2.75) is 32.7 Å². The number of aromatic nitrogens is 3. The summed E-state index contributed by atoms with van der Waals surface area (Å²) in [6.07, 6.45) is 2.67. The highest BCUT2D eigenvalue weighted by molar-refractivity contribution is 5.89. The summed E-state index contributed by atoms with van der Waals surface area (Å²) in [6, 6.07) is 9.81. The van der Waals surface area contributed by atoms with E-state index in [2.05, 4.69) is 28.7 Å². The van der Waals surface area contributed by atoms with Crippen molar-refractivity contribution >= 4 is 22.9 Å². The van der Waals surface area contributed by atoms with E-state index in [1.165, 1.54) is 11.1 Å². The Balaban J connectivity index is 1.50. The molecule has 0 bridgehead atoms. The summed E-state index contributed by atoms with van der Waals surface area (Å²) in [5.41, 5.74) is 4.97. The van der Waals surface area contributed by atoms with E-state index >= 15 is 0 Å². The van der Waals surface area contributed by atoms with Crippen molar-refractivity contribution in [3.8, 4) is 0 Å². The maximum Gasteiger partial charge on any atom is 0.321 e. The molecule has 2 aromatic heterocycles. The van der Waals surface area contributed by atoms with Crippen LogP contribution >= 0.6 is 0 Å². The minimum absolute atomic E-state index is 0.0616. The number of methoxy groups -OCH3 is 1. The number of ether oxygens (including phenoxy) is 1. The third-order valence-electron chi connectivity index (χ3n) is 5.65. The lowest BCUT2D eigenvalue weighted by molar-refractivity contribution is 0.186. The number of nitrogens with zero attached hydrogens (tertiary/aromatic N) is 4. The van der Waals surface area contributed by atoms with Crippen molar-refractivity contribution in [3.63, 3.8) is 0 Å². The van der Waals surface area contributed by atoms with Crippen molar-refractivity contribution in [2.75, 3.05) is 32.1 Å². The smallest absolute Gasteiger partial charge is 0.321 e. The van der Waals surface area contributed by atoms with Crippen LogP contribution < -0.4 is 5.32 Å². The van der Waals surface area contributed by atoms with E-state index in [1.807, 2.05) is 35.2 Å². The number of amides is 2. The van der Waals surface area contributed by atoms with Gasteiger partial charge >= 0.3 is 6.03 Å². The normalized spacial score (nSPS) is 16.5. The maximum atomic E-state index is 12.8. The van der Waals surface area contributed by atoms with Crippen molar-refractivity contribution < 1.29 is 9.53 Å². The number of nitrogens with one attached hydrogen (secondary N) is 1. The van der Waals surface area contributed by atoms with Gasteiger partial charge in [-0.2, -0.15) is 0 Å². The minimum atomic E-state index is -0.0616. The molecule has 1 fully saturated rings. The highest BCUT2D eigenvalue weighted by atomic mass is 16.5. The number of pyridine rings is 1. The monoisotopic (exact) mass is 393 g/mol. The molecule has 2 amide bonds. The first-order valence-corrected chi connectivity index (χ1v) is 10.00. The molecule has 1 aliphatic rings. The lowest BCUT2D eigenvalue weighted by atomic mass is 10.1. The predicted molar refractivity (Wildman–Crippen MR) is 113 cm³/mol. The van der Waals surface area contributed by atoms with Gasteiger partial charge in [0.1, 0.15) is 11.3 Å². The van der Waals surface area contributed by atoms with Crippen LogP contribution in [0.1, 0.15) is 29.3 Å². The number of aryl methyl sites for hydroxylation is 2. The number of anilines is 1. The Hall–Kier alpha value is -2.93. The van der Waals surface area contributed by atoms with E-state index in [1.54, 1.807) is 13.3 Å². The summed E-state index contributed by atoms with van der Waals surface area (Å²) in [4.78, 5) is 24.0. The molecular weight excluding hydrogens is 366 g/mol. The molecular formula is C22H27N5O2. The zero-order valence-electron chi connectivity index (χ0n) is 17.2. The van der Waals surface area contributed by atoms with Crippen molar-refractivity contribution in [1.82, 2.24) is 19.4 Å². The number of hydrogen-bond donors (Lipinski definition) is 1. The Labute approximate surface area is 170 Å². The molecule has 3 heterocycles. The third-order valence-corrected chi connectivity index (χ3v) is 5.65. The standard InChI is InChI=1S/C22H27N5O2/c1-15-6-7-18(13-16(15)2)24-22(28)26-10-8-17(14-26)20-25-19-5-4-9-23-21(19)27(20)11-12-29-3/h4-7,9,13,17H,8,10-12,14H2,1-3H3,(H,24,28). The molecule has 1 aliphatic heterocycles. The van der Waals surface area contributed by atoms with Crippen LogP contribution in [0.3, 0.4) is 0 Å². The Morgan fingerprint density at radius 3 is 2.93 bits per heavy atom. The fraction of sp³-hybridized carbons (Fsp3) is 0.409. The molecule has 0 spiro atoms. The molecule has 3 aromatic rings. The van der Waals surface area contributed by atoms with Gasteiger partial charge in [-0.05, 0) is 55.7 Å². The second-order valence-electron chi connectivity index (χ2n) is 7.62. The molecule has 1 aromatic carbocycles. The fourth-order valence-corrected chi connectivity index (χ4v) is 3.87. The summed E-state index contributed by atoms with van der Waals surface area (Å²) in [6.45, 7) is 6.77. The number of fused-ring (bicyclic) bond motifs is 1. The molecule has 7 heteroatoms. The molecule has 152 valence electrons. The van der Waals surface area contributed by atoms with Gasteiger partial charge in [0.15, 0.2) is 5.65 Å². The summed E-state index contributed by atoms with van der Waals surface area (Å²) < 4.78 is 7.41. The summed E-state index contributed by atoms with van der Waals surface area (Å²) in [5.74, 6) is 1.17. The van der Waals surface area contributed by atoms with Gasteiger partial charge in [-0.1, -0.05) is 6.07 Å². The molecule has 7 nitrogen and oxygen atoms in total. The number of carbonyl (C=O) groups excluding carboxylic acids is 1. The zero-order chi connectivity index (χ0) is 20.4. The molecule has 1 unspecified atom stereocenters. The average molecular weight is 393 g/mol. The van der Waals surface area contributed by atoms with Gasteiger partial charge in [-0.25, -0.2) is 14.8 Å². The molecule has 1 atom stereocenters. The fourth-order valence-electron chi connectivity index (χ4n) is 3.87. The Morgan fingerprint density at radius 2 is 2.14 bits per heavy atom. The van der Waals surface area contributed by atoms with Crippen LogP contribution in [0.5, 0.6) is 0 Å². The Morgan fingerprint density at radius 1 is 1.28 bits per heavy atom. The van der Waals surface area contributed by atoms with Crippen LogP contribution in [0, 0.1) is 13.8 Å². The van der Waals surface area contributed by atoms with Gasteiger partial charge in [-0.3, -0.25) is 0 Å². The topological polar surface area (TPSA) is 72.3 Å². The minimum Gasteiger partial charge on any atom is -0.383 e. The Bertz CT molecular complexity index is 1030. The average Bonchev–Trinajstić information content (AvgIpc) is 3.34. The van der Waals surface area contributed by atoms with Crippen molar-refractivity contribution in [2.24, 2.45) is 0 Å². The van der Waals surface area contributed by atoms with Gasteiger partial charge in [0.2, 0.25) is 0 Å².